The molecular weight excluding hydrogens is 224 g/mol. The van der Waals surface area contributed by atoms with Gasteiger partial charge in [0.15, 0.2) is 0 Å². The topological polar surface area (TPSA) is 41.1 Å². The molecular formula is C12H23ClN2O. The van der Waals surface area contributed by atoms with Crippen LogP contribution in [0.4, 0.5) is 0 Å². The van der Waals surface area contributed by atoms with Gasteiger partial charge in [0, 0.05) is 12.1 Å². The number of hydrogen-bond acceptors (Lipinski definition) is 2. The molecule has 1 aliphatic carbocycles. The molecule has 2 N–H and O–H groups in total. The summed E-state index contributed by atoms with van der Waals surface area (Å²) in [6, 6.07) is 0.719. The van der Waals surface area contributed by atoms with Gasteiger partial charge in [0.25, 0.3) is 0 Å². The molecule has 0 aromatic carbocycles. The van der Waals surface area contributed by atoms with Crippen molar-refractivity contribution in [1.82, 2.24) is 10.6 Å². The largest absolute Gasteiger partial charge is 0.353 e. The van der Waals surface area contributed by atoms with E-state index in [9.17, 15) is 4.79 Å². The quantitative estimate of drug-likeness (QED) is 0.796. The van der Waals surface area contributed by atoms with Crippen molar-refractivity contribution in [1.29, 1.82) is 0 Å². The summed E-state index contributed by atoms with van der Waals surface area (Å²) >= 11 is 0. The summed E-state index contributed by atoms with van der Waals surface area (Å²) in [5, 5.41) is 6.53. The fraction of sp³-hybridized carbons (Fsp3) is 0.917. The SMILES string of the molecule is CC(NC(=O)[C@@H]1CCCN[C@@H]1C)C1CC1.Cl. The molecule has 0 aromatic heterocycles. The highest BCUT2D eigenvalue weighted by molar-refractivity contribution is 5.85. The predicted octanol–water partition coefficient (Wildman–Crippen LogP) is 1.71. The normalized spacial score (nSPS) is 31.4. The van der Waals surface area contributed by atoms with E-state index < -0.39 is 0 Å². The van der Waals surface area contributed by atoms with Crippen molar-refractivity contribution in [2.45, 2.75) is 51.6 Å². The lowest BCUT2D eigenvalue weighted by Gasteiger charge is -2.30. The molecule has 0 aromatic rings. The molecule has 3 atom stereocenters. The monoisotopic (exact) mass is 246 g/mol. The van der Waals surface area contributed by atoms with Crippen molar-refractivity contribution in [3.63, 3.8) is 0 Å². The first-order valence-corrected chi connectivity index (χ1v) is 6.22. The van der Waals surface area contributed by atoms with Crippen LogP contribution >= 0.6 is 12.4 Å². The molecule has 1 amide bonds. The van der Waals surface area contributed by atoms with E-state index in [0.29, 0.717) is 12.1 Å². The van der Waals surface area contributed by atoms with Gasteiger partial charge in [0.05, 0.1) is 5.92 Å². The molecule has 16 heavy (non-hydrogen) atoms. The van der Waals surface area contributed by atoms with E-state index in [4.69, 9.17) is 0 Å². The standard InChI is InChI=1S/C12H22N2O.ClH/c1-8(10-5-6-10)14-12(15)11-4-3-7-13-9(11)2;/h8-11,13H,3-7H2,1-2H3,(H,14,15);1H/t8?,9-,11-;/m1./s1. The Morgan fingerprint density at radius 2 is 2.06 bits per heavy atom. The maximum absolute atomic E-state index is 12.0. The Balaban J connectivity index is 0.00000128. The number of carbonyl (C=O) groups excluding carboxylic acids is 1. The van der Waals surface area contributed by atoms with Gasteiger partial charge in [-0.3, -0.25) is 4.79 Å². The Bertz CT molecular complexity index is 243. The number of hydrogen-bond donors (Lipinski definition) is 2. The fourth-order valence-corrected chi connectivity index (χ4v) is 2.45. The number of rotatable bonds is 3. The van der Waals surface area contributed by atoms with Gasteiger partial charge in [0.2, 0.25) is 5.91 Å². The molecule has 3 nitrogen and oxygen atoms in total. The minimum absolute atomic E-state index is 0. The van der Waals surface area contributed by atoms with Crippen molar-refractivity contribution in [2.24, 2.45) is 11.8 Å². The van der Waals surface area contributed by atoms with Gasteiger partial charge >= 0.3 is 0 Å². The predicted molar refractivity (Wildman–Crippen MR) is 67.8 cm³/mol. The van der Waals surface area contributed by atoms with Crippen LogP contribution in [0.5, 0.6) is 0 Å². The zero-order chi connectivity index (χ0) is 10.8. The number of nitrogens with one attached hydrogen (secondary N) is 2. The molecule has 0 radical (unpaired) electrons. The fourth-order valence-electron chi connectivity index (χ4n) is 2.45. The van der Waals surface area contributed by atoms with Crippen molar-refractivity contribution in [3.8, 4) is 0 Å². The van der Waals surface area contributed by atoms with Gasteiger partial charge in [-0.05, 0) is 52.0 Å². The van der Waals surface area contributed by atoms with Crippen LogP contribution < -0.4 is 10.6 Å². The van der Waals surface area contributed by atoms with Gasteiger partial charge in [-0.1, -0.05) is 0 Å². The molecule has 1 aliphatic heterocycles. The lowest BCUT2D eigenvalue weighted by atomic mass is 9.91. The summed E-state index contributed by atoms with van der Waals surface area (Å²) in [7, 11) is 0. The highest BCUT2D eigenvalue weighted by Crippen LogP contribution is 2.32. The highest BCUT2D eigenvalue weighted by atomic mass is 35.5. The van der Waals surface area contributed by atoms with Gasteiger partial charge in [0.1, 0.15) is 0 Å². The van der Waals surface area contributed by atoms with Crippen LogP contribution in [-0.4, -0.2) is 24.5 Å². The zero-order valence-electron chi connectivity index (χ0n) is 10.2. The van der Waals surface area contributed by atoms with Crippen LogP contribution in [0, 0.1) is 11.8 Å². The molecule has 0 bridgehead atoms. The van der Waals surface area contributed by atoms with Gasteiger partial charge in [-0.15, -0.1) is 12.4 Å². The van der Waals surface area contributed by atoms with Gasteiger partial charge < -0.3 is 10.6 Å². The molecule has 1 saturated heterocycles. The second-order valence-electron chi connectivity index (χ2n) is 5.13. The first kappa shape index (κ1) is 13.8. The van der Waals surface area contributed by atoms with Crippen molar-refractivity contribution >= 4 is 18.3 Å². The molecule has 1 unspecified atom stereocenters. The summed E-state index contributed by atoms with van der Waals surface area (Å²) in [4.78, 5) is 12.0. The van der Waals surface area contributed by atoms with Crippen LogP contribution in [0.25, 0.3) is 0 Å². The van der Waals surface area contributed by atoms with E-state index in [1.54, 1.807) is 0 Å². The molecule has 2 fully saturated rings. The summed E-state index contributed by atoms with van der Waals surface area (Å²) in [6.07, 6.45) is 4.75. The van der Waals surface area contributed by atoms with E-state index in [1.807, 2.05) is 0 Å². The summed E-state index contributed by atoms with van der Waals surface area (Å²) in [5.41, 5.74) is 0. The third-order valence-corrected chi connectivity index (χ3v) is 3.80. The molecule has 2 rings (SSSR count). The van der Waals surface area contributed by atoms with Gasteiger partial charge in [-0.2, -0.15) is 0 Å². The zero-order valence-corrected chi connectivity index (χ0v) is 11.0. The first-order chi connectivity index (χ1) is 7.18. The Hall–Kier alpha value is -0.280. The molecule has 4 heteroatoms. The van der Waals surface area contributed by atoms with Crippen LogP contribution in [0.2, 0.25) is 0 Å². The Morgan fingerprint density at radius 1 is 1.38 bits per heavy atom. The second kappa shape index (κ2) is 5.87. The second-order valence-corrected chi connectivity index (χ2v) is 5.13. The van der Waals surface area contributed by atoms with Crippen molar-refractivity contribution in [2.75, 3.05) is 6.54 Å². The summed E-state index contributed by atoms with van der Waals surface area (Å²) in [6.45, 7) is 5.31. The van der Waals surface area contributed by atoms with Crippen LogP contribution in [0.1, 0.15) is 39.5 Å². The number of carbonyl (C=O) groups is 1. The smallest absolute Gasteiger partial charge is 0.224 e. The molecule has 94 valence electrons. The third-order valence-electron chi connectivity index (χ3n) is 3.80. The number of halogens is 1. The Labute approximate surface area is 104 Å². The minimum Gasteiger partial charge on any atom is -0.353 e. The molecule has 1 heterocycles. The highest BCUT2D eigenvalue weighted by Gasteiger charge is 2.32. The van der Waals surface area contributed by atoms with Crippen LogP contribution in [0.3, 0.4) is 0 Å². The van der Waals surface area contributed by atoms with E-state index in [0.717, 1.165) is 25.3 Å². The average Bonchev–Trinajstić information content (AvgIpc) is 3.01. The minimum atomic E-state index is 0. The maximum Gasteiger partial charge on any atom is 0.224 e. The molecule has 0 spiro atoms. The lowest BCUT2D eigenvalue weighted by molar-refractivity contribution is -0.127. The van der Waals surface area contributed by atoms with E-state index in [1.165, 1.54) is 12.8 Å². The molecule has 2 aliphatic rings. The molecule has 1 saturated carbocycles. The number of amides is 1. The van der Waals surface area contributed by atoms with Crippen molar-refractivity contribution < 1.29 is 4.79 Å². The van der Waals surface area contributed by atoms with Crippen molar-refractivity contribution in [3.05, 3.63) is 0 Å². The summed E-state index contributed by atoms with van der Waals surface area (Å²) < 4.78 is 0. The van der Waals surface area contributed by atoms with Crippen LogP contribution in [-0.2, 0) is 4.79 Å². The first-order valence-electron chi connectivity index (χ1n) is 6.22. The Morgan fingerprint density at radius 3 is 2.62 bits per heavy atom. The number of piperidine rings is 1. The van der Waals surface area contributed by atoms with Gasteiger partial charge in [-0.25, -0.2) is 0 Å². The summed E-state index contributed by atoms with van der Waals surface area (Å²) in [5.74, 6) is 1.19. The third kappa shape index (κ3) is 3.36. The van der Waals surface area contributed by atoms with Crippen LogP contribution in [0.15, 0.2) is 0 Å². The Kier molecular flexibility index (Phi) is 5.06. The van der Waals surface area contributed by atoms with E-state index >= 15 is 0 Å². The maximum atomic E-state index is 12.0. The van der Waals surface area contributed by atoms with E-state index in [2.05, 4.69) is 24.5 Å². The average molecular weight is 247 g/mol. The lowest BCUT2D eigenvalue weighted by Crippen LogP contribution is -2.48. The van der Waals surface area contributed by atoms with E-state index in [-0.39, 0.29) is 24.2 Å².